The molecule has 0 spiro atoms. The second-order valence-corrected chi connectivity index (χ2v) is 5.36. The number of likely N-dealkylation sites (tertiary alicyclic amines) is 1. The maximum atomic E-state index is 12.1. The van der Waals surface area contributed by atoms with E-state index in [0.29, 0.717) is 19.5 Å². The molecule has 5 nitrogen and oxygen atoms in total. The molecule has 0 aromatic heterocycles. The summed E-state index contributed by atoms with van der Waals surface area (Å²) < 4.78 is 0. The summed E-state index contributed by atoms with van der Waals surface area (Å²) in [6, 6.07) is 0. The normalized spacial score (nSPS) is 27.5. The van der Waals surface area contributed by atoms with Crippen molar-refractivity contribution in [3.8, 4) is 0 Å². The van der Waals surface area contributed by atoms with Gasteiger partial charge in [-0.05, 0) is 12.8 Å². The number of amides is 2. The SMILES string of the molecule is CN1CC(C(=O)NC2(CN)CCCC2)CC1=O. The summed E-state index contributed by atoms with van der Waals surface area (Å²) in [5.41, 5.74) is 5.57. The highest BCUT2D eigenvalue weighted by atomic mass is 16.2. The molecule has 0 radical (unpaired) electrons. The molecule has 3 N–H and O–H groups in total. The van der Waals surface area contributed by atoms with Crippen molar-refractivity contribution < 1.29 is 9.59 Å². The third-order valence-electron chi connectivity index (χ3n) is 4.05. The zero-order chi connectivity index (χ0) is 12.5. The summed E-state index contributed by atoms with van der Waals surface area (Å²) in [5.74, 6) is -0.148. The van der Waals surface area contributed by atoms with Crippen molar-refractivity contribution in [2.24, 2.45) is 11.7 Å². The van der Waals surface area contributed by atoms with Gasteiger partial charge in [0.1, 0.15) is 0 Å². The Labute approximate surface area is 102 Å². The van der Waals surface area contributed by atoms with Crippen LogP contribution in [-0.4, -0.2) is 42.4 Å². The summed E-state index contributed by atoms with van der Waals surface area (Å²) in [7, 11) is 1.74. The van der Waals surface area contributed by atoms with E-state index in [1.54, 1.807) is 11.9 Å². The maximum absolute atomic E-state index is 12.1. The van der Waals surface area contributed by atoms with Crippen LogP contribution in [0.2, 0.25) is 0 Å². The Morgan fingerprint density at radius 2 is 2.18 bits per heavy atom. The van der Waals surface area contributed by atoms with Crippen molar-refractivity contribution in [1.29, 1.82) is 0 Å². The molecule has 2 fully saturated rings. The van der Waals surface area contributed by atoms with E-state index in [-0.39, 0.29) is 23.3 Å². The summed E-state index contributed by atoms with van der Waals surface area (Å²) in [4.78, 5) is 25.1. The van der Waals surface area contributed by atoms with Crippen LogP contribution in [0.4, 0.5) is 0 Å². The number of hydrogen-bond acceptors (Lipinski definition) is 3. The Balaban J connectivity index is 1.95. The lowest BCUT2D eigenvalue weighted by Crippen LogP contribution is -2.53. The lowest BCUT2D eigenvalue weighted by atomic mass is 9.96. The first-order chi connectivity index (χ1) is 8.06. The van der Waals surface area contributed by atoms with Crippen LogP contribution in [0.5, 0.6) is 0 Å². The lowest BCUT2D eigenvalue weighted by molar-refractivity contribution is -0.129. The van der Waals surface area contributed by atoms with E-state index in [1.165, 1.54) is 0 Å². The molecule has 0 aromatic rings. The van der Waals surface area contributed by atoms with Crippen molar-refractivity contribution >= 4 is 11.8 Å². The number of nitrogens with zero attached hydrogens (tertiary/aromatic N) is 1. The first kappa shape index (κ1) is 12.4. The van der Waals surface area contributed by atoms with Crippen molar-refractivity contribution in [3.05, 3.63) is 0 Å². The van der Waals surface area contributed by atoms with Gasteiger partial charge < -0.3 is 16.0 Å². The predicted octanol–water partition coefficient (Wildman–Crippen LogP) is -0.148. The zero-order valence-electron chi connectivity index (χ0n) is 10.4. The smallest absolute Gasteiger partial charge is 0.225 e. The minimum Gasteiger partial charge on any atom is -0.349 e. The van der Waals surface area contributed by atoms with Gasteiger partial charge in [0.15, 0.2) is 0 Å². The number of hydrogen-bond donors (Lipinski definition) is 2. The highest BCUT2D eigenvalue weighted by Gasteiger charge is 2.38. The third-order valence-corrected chi connectivity index (χ3v) is 4.05. The molecule has 1 saturated heterocycles. The maximum Gasteiger partial charge on any atom is 0.225 e. The van der Waals surface area contributed by atoms with Crippen LogP contribution in [0.15, 0.2) is 0 Å². The zero-order valence-corrected chi connectivity index (χ0v) is 10.4. The quantitative estimate of drug-likeness (QED) is 0.719. The van der Waals surface area contributed by atoms with E-state index in [2.05, 4.69) is 5.32 Å². The largest absolute Gasteiger partial charge is 0.349 e. The summed E-state index contributed by atoms with van der Waals surface area (Å²) >= 11 is 0. The Morgan fingerprint density at radius 3 is 2.65 bits per heavy atom. The molecule has 2 rings (SSSR count). The van der Waals surface area contributed by atoms with Gasteiger partial charge in [-0.15, -0.1) is 0 Å². The van der Waals surface area contributed by atoms with Gasteiger partial charge in [-0.25, -0.2) is 0 Å². The molecule has 2 amide bonds. The fraction of sp³-hybridized carbons (Fsp3) is 0.833. The molecular weight excluding hydrogens is 218 g/mol. The van der Waals surface area contributed by atoms with Gasteiger partial charge in [0, 0.05) is 26.6 Å². The molecule has 1 aliphatic heterocycles. The van der Waals surface area contributed by atoms with Crippen molar-refractivity contribution in [1.82, 2.24) is 10.2 Å². The standard InChI is InChI=1S/C12H21N3O2/c1-15-7-9(6-10(15)16)11(17)14-12(8-13)4-2-3-5-12/h9H,2-8,13H2,1H3,(H,14,17). The monoisotopic (exact) mass is 239 g/mol. The van der Waals surface area contributed by atoms with Gasteiger partial charge in [0.05, 0.1) is 11.5 Å². The van der Waals surface area contributed by atoms with Gasteiger partial charge in [0.25, 0.3) is 0 Å². The predicted molar refractivity (Wildman–Crippen MR) is 64.1 cm³/mol. The number of rotatable bonds is 3. The van der Waals surface area contributed by atoms with E-state index in [0.717, 1.165) is 25.7 Å². The molecule has 96 valence electrons. The minimum atomic E-state index is -0.207. The Kier molecular flexibility index (Phi) is 3.38. The van der Waals surface area contributed by atoms with E-state index < -0.39 is 0 Å². The van der Waals surface area contributed by atoms with E-state index >= 15 is 0 Å². The molecule has 1 heterocycles. The van der Waals surface area contributed by atoms with Gasteiger partial charge >= 0.3 is 0 Å². The van der Waals surface area contributed by atoms with E-state index in [1.807, 2.05) is 0 Å². The van der Waals surface area contributed by atoms with Crippen molar-refractivity contribution in [2.45, 2.75) is 37.6 Å². The van der Waals surface area contributed by atoms with E-state index in [9.17, 15) is 9.59 Å². The molecule has 1 aliphatic carbocycles. The fourth-order valence-corrected chi connectivity index (χ4v) is 2.83. The van der Waals surface area contributed by atoms with Gasteiger partial charge in [-0.2, -0.15) is 0 Å². The molecule has 1 unspecified atom stereocenters. The first-order valence-electron chi connectivity index (χ1n) is 6.32. The van der Waals surface area contributed by atoms with Crippen LogP contribution in [0.1, 0.15) is 32.1 Å². The second kappa shape index (κ2) is 4.64. The average molecular weight is 239 g/mol. The van der Waals surface area contributed by atoms with Crippen LogP contribution >= 0.6 is 0 Å². The molecule has 17 heavy (non-hydrogen) atoms. The number of carbonyl (C=O) groups excluding carboxylic acids is 2. The minimum absolute atomic E-state index is 0.00458. The Bertz CT molecular complexity index is 324. The van der Waals surface area contributed by atoms with Crippen molar-refractivity contribution in [3.63, 3.8) is 0 Å². The molecule has 1 atom stereocenters. The highest BCUT2D eigenvalue weighted by molar-refractivity contribution is 5.89. The summed E-state index contributed by atoms with van der Waals surface area (Å²) in [6.45, 7) is 1.03. The molecular formula is C12H21N3O2. The van der Waals surface area contributed by atoms with Gasteiger partial charge in [0.2, 0.25) is 11.8 Å². The second-order valence-electron chi connectivity index (χ2n) is 5.36. The molecule has 2 aliphatic rings. The van der Waals surface area contributed by atoms with Gasteiger partial charge in [-0.1, -0.05) is 12.8 Å². The van der Waals surface area contributed by atoms with E-state index in [4.69, 9.17) is 5.73 Å². The highest BCUT2D eigenvalue weighted by Crippen LogP contribution is 2.29. The molecule has 0 bridgehead atoms. The lowest BCUT2D eigenvalue weighted by Gasteiger charge is -2.30. The Hall–Kier alpha value is -1.10. The van der Waals surface area contributed by atoms with Crippen LogP contribution in [0, 0.1) is 5.92 Å². The first-order valence-corrected chi connectivity index (χ1v) is 6.32. The van der Waals surface area contributed by atoms with Gasteiger partial charge in [-0.3, -0.25) is 9.59 Å². The van der Waals surface area contributed by atoms with Crippen LogP contribution in [0.3, 0.4) is 0 Å². The molecule has 1 saturated carbocycles. The molecule has 0 aromatic carbocycles. The topological polar surface area (TPSA) is 75.4 Å². The number of nitrogens with two attached hydrogens (primary N) is 1. The Morgan fingerprint density at radius 1 is 1.53 bits per heavy atom. The van der Waals surface area contributed by atoms with Crippen LogP contribution in [0.25, 0.3) is 0 Å². The summed E-state index contributed by atoms with van der Waals surface area (Å²) in [6.07, 6.45) is 4.52. The average Bonchev–Trinajstić information content (AvgIpc) is 2.88. The molecule has 5 heteroatoms. The third kappa shape index (κ3) is 2.44. The van der Waals surface area contributed by atoms with Crippen LogP contribution < -0.4 is 11.1 Å². The number of nitrogens with one attached hydrogen (secondary N) is 1. The number of carbonyl (C=O) groups is 2. The van der Waals surface area contributed by atoms with Crippen LogP contribution in [-0.2, 0) is 9.59 Å². The summed E-state index contributed by atoms with van der Waals surface area (Å²) in [5, 5.41) is 3.08. The van der Waals surface area contributed by atoms with Crippen molar-refractivity contribution in [2.75, 3.05) is 20.1 Å². The fourth-order valence-electron chi connectivity index (χ4n) is 2.83.